The lowest BCUT2D eigenvalue weighted by Crippen LogP contribution is -2.08. The Balaban J connectivity index is 2.10. The third kappa shape index (κ3) is 3.71. The summed E-state index contributed by atoms with van der Waals surface area (Å²) in [7, 11) is 0. The molecule has 2 N–H and O–H groups in total. The summed E-state index contributed by atoms with van der Waals surface area (Å²) in [6.07, 6.45) is 3.53. The Morgan fingerprint density at radius 2 is 1.95 bits per heavy atom. The van der Waals surface area contributed by atoms with Gasteiger partial charge in [0.05, 0.1) is 10.7 Å². The number of carbonyl (C=O) groups is 1. The number of nitrogens with zero attached hydrogens (tertiary/aromatic N) is 1. The highest BCUT2D eigenvalue weighted by Gasteiger charge is 2.07. The first kappa shape index (κ1) is 14.3. The molecule has 2 aromatic rings. The SMILES string of the molecule is CC(=O)Nc1ccc(NC(C)c2ccncc2)cc1Cl. The van der Waals surface area contributed by atoms with E-state index in [1.165, 1.54) is 6.92 Å². The van der Waals surface area contributed by atoms with Gasteiger partial charge in [-0.15, -0.1) is 0 Å². The normalized spacial score (nSPS) is 11.8. The molecule has 0 spiro atoms. The van der Waals surface area contributed by atoms with E-state index in [2.05, 4.69) is 22.5 Å². The minimum absolute atomic E-state index is 0.140. The van der Waals surface area contributed by atoms with Crippen molar-refractivity contribution in [3.05, 3.63) is 53.3 Å². The summed E-state index contributed by atoms with van der Waals surface area (Å²) in [5, 5.41) is 6.54. The Hall–Kier alpha value is -2.07. The van der Waals surface area contributed by atoms with Gasteiger partial charge in [-0.05, 0) is 42.8 Å². The number of anilines is 2. The van der Waals surface area contributed by atoms with Crippen LogP contribution < -0.4 is 10.6 Å². The number of rotatable bonds is 4. The number of aromatic nitrogens is 1. The Morgan fingerprint density at radius 1 is 1.25 bits per heavy atom. The predicted molar refractivity (Wildman–Crippen MR) is 82.0 cm³/mol. The quantitative estimate of drug-likeness (QED) is 0.898. The fourth-order valence-electron chi connectivity index (χ4n) is 1.88. The first-order valence-electron chi connectivity index (χ1n) is 6.30. The Morgan fingerprint density at radius 3 is 2.55 bits per heavy atom. The molecular formula is C15H16ClN3O. The summed E-state index contributed by atoms with van der Waals surface area (Å²) in [5.41, 5.74) is 2.65. The number of nitrogens with one attached hydrogen (secondary N) is 2. The lowest BCUT2D eigenvalue weighted by atomic mass is 10.1. The van der Waals surface area contributed by atoms with Gasteiger partial charge in [-0.2, -0.15) is 0 Å². The van der Waals surface area contributed by atoms with Crippen molar-refractivity contribution in [1.82, 2.24) is 4.98 Å². The van der Waals surface area contributed by atoms with Gasteiger partial charge in [-0.3, -0.25) is 9.78 Å². The van der Waals surface area contributed by atoms with Gasteiger partial charge in [-0.25, -0.2) is 0 Å². The average Bonchev–Trinajstić information content (AvgIpc) is 2.42. The van der Waals surface area contributed by atoms with Crippen LogP contribution in [0.3, 0.4) is 0 Å². The molecule has 1 amide bonds. The van der Waals surface area contributed by atoms with Crippen LogP contribution in [0.2, 0.25) is 5.02 Å². The number of carbonyl (C=O) groups excluding carboxylic acids is 1. The standard InChI is InChI=1S/C15H16ClN3O/c1-10(12-5-7-17-8-6-12)18-13-3-4-15(14(16)9-13)19-11(2)20/h3-10,18H,1-2H3,(H,19,20). The number of pyridine rings is 1. The molecule has 0 radical (unpaired) electrons. The third-order valence-electron chi connectivity index (χ3n) is 2.87. The van der Waals surface area contributed by atoms with Crippen LogP contribution in [0.15, 0.2) is 42.7 Å². The Kier molecular flexibility index (Phi) is 4.58. The van der Waals surface area contributed by atoms with Crippen molar-refractivity contribution in [2.24, 2.45) is 0 Å². The smallest absolute Gasteiger partial charge is 0.221 e. The molecule has 1 heterocycles. The summed E-state index contributed by atoms with van der Waals surface area (Å²) in [4.78, 5) is 15.0. The molecule has 0 fully saturated rings. The number of hydrogen-bond donors (Lipinski definition) is 2. The first-order chi connectivity index (χ1) is 9.56. The molecule has 0 aliphatic carbocycles. The molecule has 0 saturated carbocycles. The van der Waals surface area contributed by atoms with Crippen molar-refractivity contribution in [2.75, 3.05) is 10.6 Å². The second kappa shape index (κ2) is 6.39. The molecule has 104 valence electrons. The van der Waals surface area contributed by atoms with Gasteiger partial charge < -0.3 is 10.6 Å². The molecule has 0 aliphatic rings. The minimum Gasteiger partial charge on any atom is -0.378 e. The maximum absolute atomic E-state index is 11.0. The molecule has 1 aromatic carbocycles. The summed E-state index contributed by atoms with van der Waals surface area (Å²) in [6, 6.07) is 9.53. The maximum atomic E-state index is 11.0. The molecule has 0 aliphatic heterocycles. The molecular weight excluding hydrogens is 274 g/mol. The molecule has 4 nitrogen and oxygen atoms in total. The number of halogens is 1. The summed E-state index contributed by atoms with van der Waals surface area (Å²) in [6.45, 7) is 3.51. The van der Waals surface area contributed by atoms with E-state index < -0.39 is 0 Å². The zero-order chi connectivity index (χ0) is 14.5. The van der Waals surface area contributed by atoms with E-state index >= 15 is 0 Å². The van der Waals surface area contributed by atoms with E-state index in [1.807, 2.05) is 18.2 Å². The van der Waals surface area contributed by atoms with Crippen LogP contribution >= 0.6 is 11.6 Å². The average molecular weight is 290 g/mol. The van der Waals surface area contributed by atoms with Crippen LogP contribution in [0.25, 0.3) is 0 Å². The van der Waals surface area contributed by atoms with Gasteiger partial charge in [0.25, 0.3) is 0 Å². The molecule has 1 atom stereocenters. The van der Waals surface area contributed by atoms with Crippen LogP contribution in [0.5, 0.6) is 0 Å². The second-order valence-electron chi connectivity index (χ2n) is 4.52. The van der Waals surface area contributed by atoms with E-state index in [-0.39, 0.29) is 11.9 Å². The fraction of sp³-hybridized carbons (Fsp3) is 0.200. The molecule has 5 heteroatoms. The third-order valence-corrected chi connectivity index (χ3v) is 3.18. The van der Waals surface area contributed by atoms with Crippen LogP contribution in [-0.4, -0.2) is 10.9 Å². The van der Waals surface area contributed by atoms with Crippen molar-refractivity contribution in [1.29, 1.82) is 0 Å². The highest BCUT2D eigenvalue weighted by atomic mass is 35.5. The summed E-state index contributed by atoms with van der Waals surface area (Å²) in [5.74, 6) is -0.141. The maximum Gasteiger partial charge on any atom is 0.221 e. The van der Waals surface area contributed by atoms with Crippen LogP contribution in [0, 0.1) is 0 Å². The van der Waals surface area contributed by atoms with E-state index in [1.54, 1.807) is 24.5 Å². The van der Waals surface area contributed by atoms with Gasteiger partial charge >= 0.3 is 0 Å². The van der Waals surface area contributed by atoms with Crippen molar-refractivity contribution in [3.8, 4) is 0 Å². The topological polar surface area (TPSA) is 54.0 Å². The molecule has 0 saturated heterocycles. The zero-order valence-electron chi connectivity index (χ0n) is 11.4. The van der Waals surface area contributed by atoms with E-state index in [0.29, 0.717) is 10.7 Å². The van der Waals surface area contributed by atoms with Crippen molar-refractivity contribution >= 4 is 28.9 Å². The van der Waals surface area contributed by atoms with Crippen LogP contribution in [-0.2, 0) is 4.79 Å². The number of benzene rings is 1. The minimum atomic E-state index is -0.141. The van der Waals surface area contributed by atoms with Crippen molar-refractivity contribution in [3.63, 3.8) is 0 Å². The van der Waals surface area contributed by atoms with Crippen molar-refractivity contribution in [2.45, 2.75) is 19.9 Å². The monoisotopic (exact) mass is 289 g/mol. The molecule has 1 unspecified atom stereocenters. The number of hydrogen-bond acceptors (Lipinski definition) is 3. The van der Waals surface area contributed by atoms with E-state index in [0.717, 1.165) is 11.3 Å². The Labute approximate surface area is 123 Å². The van der Waals surface area contributed by atoms with Crippen LogP contribution in [0.1, 0.15) is 25.5 Å². The first-order valence-corrected chi connectivity index (χ1v) is 6.67. The fourth-order valence-corrected chi connectivity index (χ4v) is 2.11. The molecule has 2 rings (SSSR count). The highest BCUT2D eigenvalue weighted by molar-refractivity contribution is 6.34. The lowest BCUT2D eigenvalue weighted by molar-refractivity contribution is -0.114. The highest BCUT2D eigenvalue weighted by Crippen LogP contribution is 2.27. The molecule has 0 bridgehead atoms. The largest absolute Gasteiger partial charge is 0.378 e. The lowest BCUT2D eigenvalue weighted by Gasteiger charge is -2.16. The van der Waals surface area contributed by atoms with Crippen LogP contribution in [0.4, 0.5) is 11.4 Å². The predicted octanol–water partition coefficient (Wildman–Crippen LogP) is 3.87. The van der Waals surface area contributed by atoms with E-state index in [9.17, 15) is 4.79 Å². The Bertz CT molecular complexity index is 601. The number of amides is 1. The second-order valence-corrected chi connectivity index (χ2v) is 4.93. The van der Waals surface area contributed by atoms with Gasteiger partial charge in [0.15, 0.2) is 0 Å². The van der Waals surface area contributed by atoms with Gasteiger partial charge in [-0.1, -0.05) is 11.6 Å². The summed E-state index contributed by atoms with van der Waals surface area (Å²) < 4.78 is 0. The van der Waals surface area contributed by atoms with Gasteiger partial charge in [0.2, 0.25) is 5.91 Å². The molecule has 1 aromatic heterocycles. The van der Waals surface area contributed by atoms with Crippen molar-refractivity contribution < 1.29 is 4.79 Å². The zero-order valence-corrected chi connectivity index (χ0v) is 12.1. The van der Waals surface area contributed by atoms with Gasteiger partial charge in [0, 0.05) is 31.0 Å². The van der Waals surface area contributed by atoms with Gasteiger partial charge in [0.1, 0.15) is 0 Å². The van der Waals surface area contributed by atoms with E-state index in [4.69, 9.17) is 11.6 Å². The molecule has 20 heavy (non-hydrogen) atoms. The summed E-state index contributed by atoms with van der Waals surface area (Å²) >= 11 is 6.14.